The normalized spacial score (nSPS) is 17.8. The van der Waals surface area contributed by atoms with Crippen LogP contribution < -0.4 is 16.6 Å². The lowest BCUT2D eigenvalue weighted by Gasteiger charge is -2.26. The smallest absolute Gasteiger partial charge is 0.271 e. The van der Waals surface area contributed by atoms with Crippen LogP contribution in [0.2, 0.25) is 5.02 Å². The summed E-state index contributed by atoms with van der Waals surface area (Å²) in [5.41, 5.74) is 10.6. The summed E-state index contributed by atoms with van der Waals surface area (Å²) in [5, 5.41) is 10.3. The van der Waals surface area contributed by atoms with Gasteiger partial charge in [-0.2, -0.15) is 0 Å². The van der Waals surface area contributed by atoms with Crippen molar-refractivity contribution in [3.8, 4) is 0 Å². The predicted octanol–water partition coefficient (Wildman–Crippen LogP) is 1.76. The molecule has 2 rings (SSSR count). The molecule has 0 saturated heterocycles. The number of carbonyl (C=O) groups is 2. The Morgan fingerprint density at radius 2 is 1.88 bits per heavy atom. The average molecular weight is 354 g/mol. The van der Waals surface area contributed by atoms with Gasteiger partial charge in [0.05, 0.1) is 10.6 Å². The minimum absolute atomic E-state index is 0.237. The molecule has 1 saturated carbocycles. The molecule has 0 heterocycles. The van der Waals surface area contributed by atoms with Crippen molar-refractivity contribution in [3.05, 3.63) is 34.9 Å². The first kappa shape index (κ1) is 18.7. The van der Waals surface area contributed by atoms with Gasteiger partial charge in [0.15, 0.2) is 0 Å². The number of hydrazine groups is 1. The fourth-order valence-electron chi connectivity index (χ4n) is 3.04. The maximum Gasteiger partial charge on any atom is 0.271 e. The molecule has 0 spiro atoms. The third-order valence-corrected chi connectivity index (χ3v) is 4.75. The first-order chi connectivity index (χ1) is 11.5. The van der Waals surface area contributed by atoms with Crippen molar-refractivity contribution in [1.29, 1.82) is 0 Å². The Morgan fingerprint density at radius 3 is 2.54 bits per heavy atom. The van der Waals surface area contributed by atoms with Crippen molar-refractivity contribution in [2.45, 2.75) is 50.7 Å². The van der Waals surface area contributed by atoms with Gasteiger partial charge in [-0.05, 0) is 24.5 Å². The van der Waals surface area contributed by atoms with Crippen LogP contribution in [0.1, 0.15) is 48.9 Å². The Hall–Kier alpha value is -1.63. The Morgan fingerprint density at radius 1 is 1.21 bits per heavy atom. The van der Waals surface area contributed by atoms with E-state index >= 15 is 0 Å². The molecular formula is C17H24ClN3O3. The van der Waals surface area contributed by atoms with Gasteiger partial charge in [0.1, 0.15) is 6.10 Å². The highest BCUT2D eigenvalue weighted by Gasteiger charge is 2.27. The minimum atomic E-state index is -1.36. The van der Waals surface area contributed by atoms with Crippen molar-refractivity contribution in [2.24, 2.45) is 11.7 Å². The lowest BCUT2D eigenvalue weighted by atomic mass is 9.84. The van der Waals surface area contributed by atoms with Crippen molar-refractivity contribution in [1.82, 2.24) is 10.9 Å². The second-order valence-corrected chi connectivity index (χ2v) is 6.68. The molecule has 6 nitrogen and oxygen atoms in total. The van der Waals surface area contributed by atoms with Crippen molar-refractivity contribution < 1.29 is 14.7 Å². The quantitative estimate of drug-likeness (QED) is 0.605. The number of hydrogen-bond donors (Lipinski definition) is 4. The molecule has 0 radical (unpaired) electrons. The highest BCUT2D eigenvalue weighted by atomic mass is 35.5. The van der Waals surface area contributed by atoms with Crippen LogP contribution >= 0.6 is 11.6 Å². The molecule has 7 heteroatoms. The Labute approximate surface area is 146 Å². The predicted molar refractivity (Wildman–Crippen MR) is 92.2 cm³/mol. The van der Waals surface area contributed by atoms with Gasteiger partial charge in [0.2, 0.25) is 0 Å². The Balaban J connectivity index is 1.80. The van der Waals surface area contributed by atoms with E-state index in [4.69, 9.17) is 17.3 Å². The van der Waals surface area contributed by atoms with Gasteiger partial charge in [-0.3, -0.25) is 20.4 Å². The number of amides is 2. The van der Waals surface area contributed by atoms with Crippen LogP contribution in [0.25, 0.3) is 0 Å². The first-order valence-electron chi connectivity index (χ1n) is 8.27. The molecule has 1 aliphatic rings. The van der Waals surface area contributed by atoms with Crippen LogP contribution in [0, 0.1) is 5.92 Å². The summed E-state index contributed by atoms with van der Waals surface area (Å²) in [6, 6.07) is 5.83. The van der Waals surface area contributed by atoms with Gasteiger partial charge in [0.25, 0.3) is 11.8 Å². The van der Waals surface area contributed by atoms with Crippen molar-refractivity contribution >= 4 is 23.4 Å². The Bertz CT molecular complexity index is 576. The molecule has 1 aliphatic carbocycles. The molecule has 24 heavy (non-hydrogen) atoms. The standard InChI is InChI=1S/C17H24ClN3O3/c18-13-9-5-4-8-12(13)16(23)20-21-17(24)15(22)14(19)10-11-6-2-1-3-7-11/h4-5,8-9,11,14-15,22H,1-3,6-7,10,19H2,(H,20,23)(H,21,24). The van der Waals surface area contributed by atoms with E-state index in [1.165, 1.54) is 25.3 Å². The lowest BCUT2D eigenvalue weighted by molar-refractivity contribution is -0.131. The van der Waals surface area contributed by atoms with Gasteiger partial charge < -0.3 is 10.8 Å². The summed E-state index contributed by atoms with van der Waals surface area (Å²) >= 11 is 5.91. The van der Waals surface area contributed by atoms with Gasteiger partial charge in [-0.15, -0.1) is 0 Å². The maximum atomic E-state index is 12.0. The molecule has 2 atom stereocenters. The minimum Gasteiger partial charge on any atom is -0.382 e. The zero-order chi connectivity index (χ0) is 17.5. The number of halogens is 1. The fraction of sp³-hybridized carbons (Fsp3) is 0.529. The summed E-state index contributed by atoms with van der Waals surface area (Å²) in [5.74, 6) is -0.824. The van der Waals surface area contributed by atoms with E-state index in [9.17, 15) is 14.7 Å². The topological polar surface area (TPSA) is 104 Å². The number of carbonyl (C=O) groups excluding carboxylic acids is 2. The van der Waals surface area contributed by atoms with Crippen LogP contribution in [-0.4, -0.2) is 29.1 Å². The average Bonchev–Trinajstić information content (AvgIpc) is 2.60. The van der Waals surface area contributed by atoms with Crippen LogP contribution in [0.15, 0.2) is 24.3 Å². The molecule has 132 valence electrons. The van der Waals surface area contributed by atoms with Gasteiger partial charge in [-0.1, -0.05) is 55.8 Å². The number of nitrogens with two attached hydrogens (primary N) is 1. The number of benzene rings is 1. The van der Waals surface area contributed by atoms with E-state index in [2.05, 4.69) is 10.9 Å². The van der Waals surface area contributed by atoms with E-state index in [0.29, 0.717) is 12.3 Å². The molecule has 0 aromatic heterocycles. The number of aliphatic hydroxyl groups is 1. The largest absolute Gasteiger partial charge is 0.382 e. The maximum absolute atomic E-state index is 12.0. The van der Waals surface area contributed by atoms with Crippen LogP contribution in [0.3, 0.4) is 0 Å². The number of aliphatic hydroxyl groups excluding tert-OH is 1. The highest BCUT2D eigenvalue weighted by Crippen LogP contribution is 2.27. The van der Waals surface area contributed by atoms with Crippen LogP contribution in [0.5, 0.6) is 0 Å². The molecular weight excluding hydrogens is 330 g/mol. The van der Waals surface area contributed by atoms with Crippen molar-refractivity contribution in [3.63, 3.8) is 0 Å². The molecule has 5 N–H and O–H groups in total. The SMILES string of the molecule is NC(CC1CCCCC1)C(O)C(=O)NNC(=O)c1ccccc1Cl. The fourth-order valence-corrected chi connectivity index (χ4v) is 3.26. The van der Waals surface area contributed by atoms with Gasteiger partial charge in [0, 0.05) is 6.04 Å². The summed E-state index contributed by atoms with van der Waals surface area (Å²) in [4.78, 5) is 23.9. The molecule has 1 aromatic rings. The Kier molecular flexibility index (Phi) is 7.02. The summed E-state index contributed by atoms with van der Waals surface area (Å²) in [7, 11) is 0. The molecule has 1 fully saturated rings. The van der Waals surface area contributed by atoms with E-state index in [-0.39, 0.29) is 10.6 Å². The van der Waals surface area contributed by atoms with E-state index in [0.717, 1.165) is 12.8 Å². The lowest BCUT2D eigenvalue weighted by Crippen LogP contribution is -2.52. The van der Waals surface area contributed by atoms with E-state index in [1.54, 1.807) is 18.2 Å². The number of hydrogen-bond acceptors (Lipinski definition) is 4. The second kappa shape index (κ2) is 9.01. The molecule has 2 unspecified atom stereocenters. The van der Waals surface area contributed by atoms with E-state index < -0.39 is 24.0 Å². The zero-order valence-electron chi connectivity index (χ0n) is 13.5. The monoisotopic (exact) mass is 353 g/mol. The zero-order valence-corrected chi connectivity index (χ0v) is 14.3. The van der Waals surface area contributed by atoms with Gasteiger partial charge in [-0.25, -0.2) is 0 Å². The first-order valence-corrected chi connectivity index (χ1v) is 8.65. The molecule has 0 bridgehead atoms. The summed E-state index contributed by atoms with van der Waals surface area (Å²) in [6.07, 6.45) is 5.01. The third kappa shape index (κ3) is 5.19. The summed E-state index contributed by atoms with van der Waals surface area (Å²) in [6.45, 7) is 0. The van der Waals surface area contributed by atoms with Gasteiger partial charge >= 0.3 is 0 Å². The number of rotatable bonds is 5. The van der Waals surface area contributed by atoms with Crippen LogP contribution in [-0.2, 0) is 4.79 Å². The van der Waals surface area contributed by atoms with Crippen LogP contribution in [0.4, 0.5) is 0 Å². The number of nitrogens with one attached hydrogen (secondary N) is 2. The highest BCUT2D eigenvalue weighted by molar-refractivity contribution is 6.33. The van der Waals surface area contributed by atoms with Crippen molar-refractivity contribution in [2.75, 3.05) is 0 Å². The molecule has 0 aliphatic heterocycles. The molecule has 1 aromatic carbocycles. The third-order valence-electron chi connectivity index (χ3n) is 4.42. The molecule has 2 amide bonds. The van der Waals surface area contributed by atoms with E-state index in [1.807, 2.05) is 0 Å². The second-order valence-electron chi connectivity index (χ2n) is 6.27. The summed E-state index contributed by atoms with van der Waals surface area (Å²) < 4.78 is 0.